The van der Waals surface area contributed by atoms with Gasteiger partial charge in [0.1, 0.15) is 11.3 Å². The predicted octanol–water partition coefficient (Wildman–Crippen LogP) is 3.15. The highest BCUT2D eigenvalue weighted by atomic mass is 16.5. The van der Waals surface area contributed by atoms with Crippen LogP contribution >= 0.6 is 0 Å². The molecule has 0 aliphatic heterocycles. The van der Waals surface area contributed by atoms with Gasteiger partial charge in [-0.3, -0.25) is 0 Å². The normalized spacial score (nSPS) is 10.1. The molecule has 0 unspecified atom stereocenters. The van der Waals surface area contributed by atoms with E-state index in [9.17, 15) is 14.7 Å². The molecule has 0 spiro atoms. The third-order valence-electron chi connectivity index (χ3n) is 2.95. The van der Waals surface area contributed by atoms with Crippen LogP contribution in [0.5, 0.6) is 5.75 Å². The molecule has 2 aromatic rings. The first-order valence-electron chi connectivity index (χ1n) is 6.36. The Morgan fingerprint density at radius 1 is 1.00 bits per heavy atom. The molecule has 5 nitrogen and oxygen atoms in total. The van der Waals surface area contributed by atoms with Crippen molar-refractivity contribution in [3.63, 3.8) is 0 Å². The van der Waals surface area contributed by atoms with E-state index in [1.807, 2.05) is 0 Å². The fourth-order valence-electron chi connectivity index (χ4n) is 1.99. The quantitative estimate of drug-likeness (QED) is 0.882. The van der Waals surface area contributed by atoms with Gasteiger partial charge in [-0.25, -0.2) is 9.59 Å². The van der Waals surface area contributed by atoms with Crippen molar-refractivity contribution in [3.05, 3.63) is 53.6 Å². The molecule has 0 aliphatic rings. The average molecular weight is 286 g/mol. The van der Waals surface area contributed by atoms with Gasteiger partial charge in [-0.2, -0.15) is 0 Å². The van der Waals surface area contributed by atoms with Crippen LogP contribution in [0.1, 0.15) is 27.6 Å². The Labute approximate surface area is 121 Å². The van der Waals surface area contributed by atoms with Crippen LogP contribution in [0.2, 0.25) is 0 Å². The van der Waals surface area contributed by atoms with Gasteiger partial charge in [-0.05, 0) is 42.3 Å². The highest BCUT2D eigenvalue weighted by Gasteiger charge is 2.13. The second-order valence-electron chi connectivity index (χ2n) is 4.34. The Hall–Kier alpha value is -2.82. The predicted molar refractivity (Wildman–Crippen MR) is 77.0 cm³/mol. The lowest BCUT2D eigenvalue weighted by atomic mass is 10.0. The summed E-state index contributed by atoms with van der Waals surface area (Å²) >= 11 is 0. The highest BCUT2D eigenvalue weighted by Crippen LogP contribution is 2.27. The van der Waals surface area contributed by atoms with Gasteiger partial charge in [0, 0.05) is 0 Å². The van der Waals surface area contributed by atoms with Crippen molar-refractivity contribution < 1.29 is 24.5 Å². The Balaban J connectivity index is 2.49. The van der Waals surface area contributed by atoms with E-state index in [-0.39, 0.29) is 11.1 Å². The third-order valence-corrected chi connectivity index (χ3v) is 2.95. The van der Waals surface area contributed by atoms with Crippen LogP contribution in [0.3, 0.4) is 0 Å². The van der Waals surface area contributed by atoms with E-state index in [4.69, 9.17) is 9.84 Å². The first kappa shape index (κ1) is 14.6. The first-order valence-corrected chi connectivity index (χ1v) is 6.36. The summed E-state index contributed by atoms with van der Waals surface area (Å²) in [6.07, 6.45) is 0. The van der Waals surface area contributed by atoms with Gasteiger partial charge in [-0.15, -0.1) is 0 Å². The van der Waals surface area contributed by atoms with Gasteiger partial charge < -0.3 is 14.9 Å². The number of rotatable bonds is 5. The molecule has 0 aromatic heterocycles. The lowest BCUT2D eigenvalue weighted by molar-refractivity contribution is 0.0683. The van der Waals surface area contributed by atoms with Crippen LogP contribution in [0.15, 0.2) is 42.5 Å². The number of aromatic carboxylic acids is 2. The average Bonchev–Trinajstić information content (AvgIpc) is 2.48. The minimum Gasteiger partial charge on any atom is -0.493 e. The van der Waals surface area contributed by atoms with Gasteiger partial charge >= 0.3 is 11.9 Å². The molecule has 21 heavy (non-hydrogen) atoms. The van der Waals surface area contributed by atoms with Gasteiger partial charge in [-0.1, -0.05) is 18.2 Å². The van der Waals surface area contributed by atoms with E-state index in [2.05, 4.69) is 0 Å². The Morgan fingerprint density at radius 2 is 1.71 bits per heavy atom. The molecular weight excluding hydrogens is 272 g/mol. The van der Waals surface area contributed by atoms with E-state index in [0.717, 1.165) is 0 Å². The van der Waals surface area contributed by atoms with E-state index in [1.54, 1.807) is 31.2 Å². The SMILES string of the molecule is CCOc1ccc(-c2cccc(C(=O)O)c2)cc1C(=O)O. The lowest BCUT2D eigenvalue weighted by Crippen LogP contribution is -2.03. The molecule has 0 atom stereocenters. The smallest absolute Gasteiger partial charge is 0.339 e. The molecule has 0 radical (unpaired) electrons. The molecule has 2 N–H and O–H groups in total. The fraction of sp³-hybridized carbons (Fsp3) is 0.125. The molecule has 0 bridgehead atoms. The molecule has 2 rings (SSSR count). The number of ether oxygens (including phenoxy) is 1. The van der Waals surface area contributed by atoms with Crippen LogP contribution in [0.4, 0.5) is 0 Å². The maximum absolute atomic E-state index is 11.3. The van der Waals surface area contributed by atoms with Crippen LogP contribution in [-0.2, 0) is 0 Å². The molecule has 0 heterocycles. The number of carbonyl (C=O) groups is 2. The summed E-state index contributed by atoms with van der Waals surface area (Å²) in [5.74, 6) is -1.82. The maximum atomic E-state index is 11.3. The molecule has 2 aromatic carbocycles. The summed E-state index contributed by atoms with van der Waals surface area (Å²) in [5, 5.41) is 18.2. The zero-order valence-corrected chi connectivity index (χ0v) is 11.4. The van der Waals surface area contributed by atoms with Crippen molar-refractivity contribution in [2.45, 2.75) is 6.92 Å². The van der Waals surface area contributed by atoms with Crippen molar-refractivity contribution in [3.8, 4) is 16.9 Å². The van der Waals surface area contributed by atoms with E-state index < -0.39 is 11.9 Å². The molecule has 0 amide bonds. The minimum absolute atomic E-state index is 0.0510. The number of carboxylic acid groups (broad SMARTS) is 2. The zero-order valence-electron chi connectivity index (χ0n) is 11.4. The van der Waals surface area contributed by atoms with Gasteiger partial charge in [0.05, 0.1) is 12.2 Å². The van der Waals surface area contributed by atoms with E-state index >= 15 is 0 Å². The molecule has 0 saturated heterocycles. The number of hydrogen-bond donors (Lipinski definition) is 2. The minimum atomic E-state index is -1.09. The summed E-state index contributed by atoms with van der Waals surface area (Å²) in [6, 6.07) is 11.1. The van der Waals surface area contributed by atoms with Crippen molar-refractivity contribution in [1.29, 1.82) is 0 Å². The topological polar surface area (TPSA) is 83.8 Å². The molecule has 0 saturated carbocycles. The third kappa shape index (κ3) is 3.20. The van der Waals surface area contributed by atoms with Crippen molar-refractivity contribution in [2.24, 2.45) is 0 Å². The summed E-state index contributed by atoms with van der Waals surface area (Å²) in [6.45, 7) is 2.14. The molecule has 0 fully saturated rings. The van der Waals surface area contributed by atoms with Crippen molar-refractivity contribution >= 4 is 11.9 Å². The number of benzene rings is 2. The maximum Gasteiger partial charge on any atom is 0.339 e. The second-order valence-corrected chi connectivity index (χ2v) is 4.34. The van der Waals surface area contributed by atoms with Crippen LogP contribution in [-0.4, -0.2) is 28.8 Å². The van der Waals surface area contributed by atoms with Crippen molar-refractivity contribution in [1.82, 2.24) is 0 Å². The largest absolute Gasteiger partial charge is 0.493 e. The lowest BCUT2D eigenvalue weighted by Gasteiger charge is -2.10. The summed E-state index contributed by atoms with van der Waals surface area (Å²) in [7, 11) is 0. The van der Waals surface area contributed by atoms with Crippen LogP contribution in [0, 0.1) is 0 Å². The number of hydrogen-bond acceptors (Lipinski definition) is 3. The van der Waals surface area contributed by atoms with Gasteiger partial charge in [0.25, 0.3) is 0 Å². The summed E-state index contributed by atoms with van der Waals surface area (Å²) < 4.78 is 5.28. The molecular formula is C16H14O5. The van der Waals surface area contributed by atoms with Crippen LogP contribution in [0.25, 0.3) is 11.1 Å². The Kier molecular flexibility index (Phi) is 4.23. The van der Waals surface area contributed by atoms with Crippen molar-refractivity contribution in [2.75, 3.05) is 6.61 Å². The molecule has 108 valence electrons. The second kappa shape index (κ2) is 6.09. The zero-order chi connectivity index (χ0) is 15.4. The highest BCUT2D eigenvalue weighted by molar-refractivity contribution is 5.93. The Bertz CT molecular complexity index is 691. The van der Waals surface area contributed by atoms with Gasteiger partial charge in [0.15, 0.2) is 0 Å². The fourth-order valence-corrected chi connectivity index (χ4v) is 1.99. The first-order chi connectivity index (χ1) is 10.0. The Morgan fingerprint density at radius 3 is 2.33 bits per heavy atom. The van der Waals surface area contributed by atoms with Crippen LogP contribution < -0.4 is 4.74 Å². The molecule has 5 heteroatoms. The summed E-state index contributed by atoms with van der Waals surface area (Å²) in [5.41, 5.74) is 1.47. The van der Waals surface area contributed by atoms with E-state index in [1.165, 1.54) is 18.2 Å². The monoisotopic (exact) mass is 286 g/mol. The summed E-state index contributed by atoms with van der Waals surface area (Å²) in [4.78, 5) is 22.3. The van der Waals surface area contributed by atoms with E-state index in [0.29, 0.717) is 23.5 Å². The standard InChI is InChI=1S/C16H14O5/c1-2-21-14-7-6-11(9-13(14)16(19)20)10-4-3-5-12(8-10)15(17)18/h3-9H,2H2,1H3,(H,17,18)(H,19,20). The number of carboxylic acids is 2. The molecule has 0 aliphatic carbocycles. The van der Waals surface area contributed by atoms with Gasteiger partial charge in [0.2, 0.25) is 0 Å².